The van der Waals surface area contributed by atoms with Crippen molar-refractivity contribution in [3.8, 4) is 12.3 Å². The molecule has 0 spiro atoms. The first-order valence-corrected chi connectivity index (χ1v) is 9.29. The number of carboxylic acid groups (broad SMARTS) is 1. The monoisotopic (exact) mass is 355 g/mol. The number of hydrogen-bond donors (Lipinski definition) is 2. The smallest absolute Gasteiger partial charge is 0.320 e. The molecule has 2 N–H and O–H groups in total. The Kier molecular flexibility index (Phi) is 5.77. The third kappa shape index (κ3) is 4.16. The van der Waals surface area contributed by atoms with Crippen LogP contribution in [-0.4, -0.2) is 46.5 Å². The van der Waals surface area contributed by atoms with E-state index >= 15 is 0 Å². The van der Waals surface area contributed by atoms with Gasteiger partial charge < -0.3 is 15.3 Å². The van der Waals surface area contributed by atoms with Crippen molar-refractivity contribution in [1.82, 2.24) is 9.88 Å². The van der Waals surface area contributed by atoms with Crippen LogP contribution in [0.1, 0.15) is 36.9 Å². The first-order chi connectivity index (χ1) is 12.6. The van der Waals surface area contributed by atoms with Crippen LogP contribution in [0.2, 0.25) is 0 Å². The van der Waals surface area contributed by atoms with Gasteiger partial charge in [0, 0.05) is 31.2 Å². The molecule has 2 atom stereocenters. The molecule has 0 aromatic carbocycles. The zero-order valence-corrected chi connectivity index (χ0v) is 14.9. The maximum Gasteiger partial charge on any atom is 0.320 e. The van der Waals surface area contributed by atoms with Gasteiger partial charge in [0.05, 0.1) is 0 Å². The summed E-state index contributed by atoms with van der Waals surface area (Å²) in [5, 5.41) is 12.4. The normalized spacial score (nSPS) is 20.2. The van der Waals surface area contributed by atoms with Crippen LogP contribution in [0.3, 0.4) is 0 Å². The van der Waals surface area contributed by atoms with Crippen molar-refractivity contribution in [2.45, 2.75) is 38.5 Å². The van der Waals surface area contributed by atoms with Crippen LogP contribution in [0.4, 0.5) is 5.82 Å². The zero-order valence-electron chi connectivity index (χ0n) is 14.9. The Morgan fingerprint density at radius 2 is 2.35 bits per heavy atom. The van der Waals surface area contributed by atoms with Gasteiger partial charge in [0.1, 0.15) is 11.7 Å². The molecule has 1 aromatic rings. The van der Waals surface area contributed by atoms with Crippen molar-refractivity contribution in [2.24, 2.45) is 11.8 Å². The number of carbonyl (C=O) groups excluding carboxylic acids is 1. The molecule has 3 heterocycles. The number of aromatic nitrogens is 1. The predicted octanol–water partition coefficient (Wildman–Crippen LogP) is 1.94. The maximum absolute atomic E-state index is 12.5. The Morgan fingerprint density at radius 1 is 1.50 bits per heavy atom. The number of pyridine rings is 1. The summed E-state index contributed by atoms with van der Waals surface area (Å²) in [6, 6.07) is 4.23. The molecular weight excluding hydrogens is 330 g/mol. The van der Waals surface area contributed by atoms with Crippen molar-refractivity contribution in [3.05, 3.63) is 23.4 Å². The minimum Gasteiger partial charge on any atom is -0.480 e. The van der Waals surface area contributed by atoms with Gasteiger partial charge in [-0.05, 0) is 50.2 Å². The number of amides is 1. The van der Waals surface area contributed by atoms with Crippen molar-refractivity contribution in [1.29, 1.82) is 0 Å². The number of terminal acetylenes is 1. The van der Waals surface area contributed by atoms with Crippen LogP contribution in [0.25, 0.3) is 0 Å². The molecule has 1 fully saturated rings. The van der Waals surface area contributed by atoms with E-state index in [0.717, 1.165) is 56.6 Å². The number of fused-ring (bicyclic) bond motifs is 1. The molecule has 6 heteroatoms. The van der Waals surface area contributed by atoms with Gasteiger partial charge in [-0.2, -0.15) is 0 Å². The number of likely N-dealkylation sites (tertiary alicyclic amines) is 1. The number of aryl methyl sites for hydroxylation is 2. The molecule has 0 bridgehead atoms. The molecule has 1 aromatic heterocycles. The van der Waals surface area contributed by atoms with Crippen LogP contribution in [-0.2, 0) is 22.4 Å². The summed E-state index contributed by atoms with van der Waals surface area (Å²) >= 11 is 0. The highest BCUT2D eigenvalue weighted by Crippen LogP contribution is 2.25. The van der Waals surface area contributed by atoms with Crippen molar-refractivity contribution >= 4 is 17.7 Å². The lowest BCUT2D eigenvalue weighted by atomic mass is 9.99. The van der Waals surface area contributed by atoms with Crippen LogP contribution in [0, 0.1) is 24.2 Å². The van der Waals surface area contributed by atoms with E-state index in [4.69, 9.17) is 11.5 Å². The van der Waals surface area contributed by atoms with Crippen LogP contribution < -0.4 is 5.32 Å². The summed E-state index contributed by atoms with van der Waals surface area (Å²) < 4.78 is 0. The summed E-state index contributed by atoms with van der Waals surface area (Å²) in [7, 11) is 0. The molecule has 1 saturated heterocycles. The summed E-state index contributed by atoms with van der Waals surface area (Å²) in [5.74, 6) is 1.28. The van der Waals surface area contributed by atoms with E-state index in [1.54, 1.807) is 4.90 Å². The fourth-order valence-electron chi connectivity index (χ4n) is 3.71. The standard InChI is InChI=1S/C20H25N3O3/c1-2-14(20(25)26)13-23-12-10-16(19(23)24)5-3-7-17-9-8-15-6-4-11-21-18(15)22-17/h1,8-9,14,16H,3-7,10-13H2,(H,21,22)(H,25,26)/t14-,16?/m0/s1. The van der Waals surface area contributed by atoms with Crippen LogP contribution in [0.15, 0.2) is 12.1 Å². The lowest BCUT2D eigenvalue weighted by Gasteiger charge is -2.19. The Bertz CT molecular complexity index is 726. The number of nitrogens with zero attached hydrogens (tertiary/aromatic N) is 2. The fourth-order valence-corrected chi connectivity index (χ4v) is 3.71. The van der Waals surface area contributed by atoms with Crippen LogP contribution >= 0.6 is 0 Å². The topological polar surface area (TPSA) is 82.5 Å². The minimum atomic E-state index is -1.05. The number of rotatable bonds is 7. The molecule has 2 aliphatic rings. The van der Waals surface area contributed by atoms with Crippen molar-refractivity contribution in [2.75, 3.05) is 25.0 Å². The van der Waals surface area contributed by atoms with Gasteiger partial charge in [-0.3, -0.25) is 9.59 Å². The summed E-state index contributed by atoms with van der Waals surface area (Å²) in [4.78, 5) is 29.8. The van der Waals surface area contributed by atoms with Gasteiger partial charge in [-0.15, -0.1) is 6.42 Å². The molecule has 26 heavy (non-hydrogen) atoms. The van der Waals surface area contributed by atoms with E-state index in [0.29, 0.717) is 6.54 Å². The van der Waals surface area contributed by atoms with Crippen LogP contribution in [0.5, 0.6) is 0 Å². The number of carbonyl (C=O) groups is 2. The summed E-state index contributed by atoms with van der Waals surface area (Å²) in [6.07, 6.45) is 10.8. The van der Waals surface area contributed by atoms with Gasteiger partial charge in [0.2, 0.25) is 5.91 Å². The van der Waals surface area contributed by atoms with E-state index in [1.807, 2.05) is 0 Å². The van der Waals surface area contributed by atoms with E-state index in [9.17, 15) is 9.59 Å². The second kappa shape index (κ2) is 8.22. The largest absolute Gasteiger partial charge is 0.480 e. The molecule has 138 valence electrons. The molecule has 3 rings (SSSR count). The fraction of sp³-hybridized carbons (Fsp3) is 0.550. The second-order valence-electron chi connectivity index (χ2n) is 7.06. The predicted molar refractivity (Wildman–Crippen MR) is 98.6 cm³/mol. The minimum absolute atomic E-state index is 0.0297. The van der Waals surface area contributed by atoms with Gasteiger partial charge in [0.25, 0.3) is 0 Å². The Labute approximate surface area is 154 Å². The van der Waals surface area contributed by atoms with E-state index in [1.165, 1.54) is 5.56 Å². The first-order valence-electron chi connectivity index (χ1n) is 9.29. The van der Waals surface area contributed by atoms with Gasteiger partial charge in [-0.1, -0.05) is 12.0 Å². The van der Waals surface area contributed by atoms with Gasteiger partial charge >= 0.3 is 5.97 Å². The number of aliphatic carboxylic acids is 1. The Hall–Kier alpha value is -2.55. The Morgan fingerprint density at radius 3 is 3.12 bits per heavy atom. The summed E-state index contributed by atoms with van der Waals surface area (Å²) in [6.45, 7) is 1.68. The highest BCUT2D eigenvalue weighted by atomic mass is 16.4. The lowest BCUT2D eigenvalue weighted by molar-refractivity contribution is -0.141. The van der Waals surface area contributed by atoms with Gasteiger partial charge in [0.15, 0.2) is 0 Å². The van der Waals surface area contributed by atoms with Crippen molar-refractivity contribution < 1.29 is 14.7 Å². The third-order valence-electron chi connectivity index (χ3n) is 5.25. The summed E-state index contributed by atoms with van der Waals surface area (Å²) in [5.41, 5.74) is 2.34. The average Bonchev–Trinajstić information content (AvgIpc) is 2.99. The molecule has 0 saturated carbocycles. The highest BCUT2D eigenvalue weighted by molar-refractivity contribution is 5.82. The lowest BCUT2D eigenvalue weighted by Crippen LogP contribution is -2.34. The molecule has 1 unspecified atom stereocenters. The molecule has 1 amide bonds. The third-order valence-corrected chi connectivity index (χ3v) is 5.25. The highest BCUT2D eigenvalue weighted by Gasteiger charge is 2.33. The van der Waals surface area contributed by atoms with Crippen molar-refractivity contribution in [3.63, 3.8) is 0 Å². The van der Waals surface area contributed by atoms with Gasteiger partial charge in [-0.25, -0.2) is 4.98 Å². The average molecular weight is 355 g/mol. The first kappa shape index (κ1) is 18.2. The maximum atomic E-state index is 12.5. The number of carboxylic acids is 1. The molecule has 0 radical (unpaired) electrons. The molecule has 0 aliphatic carbocycles. The Balaban J connectivity index is 1.48. The van der Waals surface area contributed by atoms with E-state index < -0.39 is 11.9 Å². The molecule has 6 nitrogen and oxygen atoms in total. The molecular formula is C20H25N3O3. The number of anilines is 1. The van der Waals surface area contributed by atoms with E-state index in [2.05, 4.69) is 28.4 Å². The van der Waals surface area contributed by atoms with E-state index in [-0.39, 0.29) is 18.4 Å². The quantitative estimate of drug-likeness (QED) is 0.731. The number of nitrogens with one attached hydrogen (secondary N) is 1. The molecule has 2 aliphatic heterocycles. The number of hydrogen-bond acceptors (Lipinski definition) is 4. The SMILES string of the molecule is C#C[C@@H](CN1CCC(CCCc2ccc3c(n2)NCCC3)C1=O)C(=O)O. The zero-order chi connectivity index (χ0) is 18.5. The second-order valence-corrected chi connectivity index (χ2v) is 7.06.